The summed E-state index contributed by atoms with van der Waals surface area (Å²) in [6.45, 7) is 16.1. The third-order valence-corrected chi connectivity index (χ3v) is 7.05. The highest BCUT2D eigenvalue weighted by Gasteiger charge is 2.34. The van der Waals surface area contributed by atoms with Crippen molar-refractivity contribution in [2.24, 2.45) is 5.92 Å². The van der Waals surface area contributed by atoms with Gasteiger partial charge >= 0.3 is 0 Å². The van der Waals surface area contributed by atoms with Crippen LogP contribution in [0.5, 0.6) is 5.75 Å². The molecule has 1 atom stereocenters. The van der Waals surface area contributed by atoms with Crippen molar-refractivity contribution < 1.29 is 9.90 Å². The summed E-state index contributed by atoms with van der Waals surface area (Å²) in [6, 6.07) is 4.42. The van der Waals surface area contributed by atoms with Gasteiger partial charge in [0.25, 0.3) is 0 Å². The van der Waals surface area contributed by atoms with Crippen LogP contribution >= 0.6 is 24.2 Å². The third kappa shape index (κ3) is 5.83. The molecule has 1 unspecified atom stereocenters. The molecule has 1 amide bonds. The molecule has 3 aliphatic heterocycles. The summed E-state index contributed by atoms with van der Waals surface area (Å²) in [5, 5.41) is 14.1. The highest BCUT2D eigenvalue weighted by atomic mass is 35.5. The first kappa shape index (κ1) is 24.4. The van der Waals surface area contributed by atoms with Crippen LogP contribution in [0.25, 0.3) is 0 Å². The van der Waals surface area contributed by atoms with Crippen molar-refractivity contribution in [2.45, 2.75) is 76.2 Å². The maximum Gasteiger partial charge on any atom is 0.230 e. The van der Waals surface area contributed by atoms with Gasteiger partial charge in [0.2, 0.25) is 5.91 Å². The first-order valence-corrected chi connectivity index (χ1v) is 11.5. The number of phenolic OH excluding ortho intramolecular Hbond substituents is 1. The van der Waals surface area contributed by atoms with E-state index >= 15 is 0 Å². The number of carbonyl (C=O) groups excluding carboxylic acids is 1. The second-order valence-corrected chi connectivity index (χ2v) is 11.5. The van der Waals surface area contributed by atoms with E-state index in [0.29, 0.717) is 23.5 Å². The number of nitrogens with one attached hydrogen (secondary N) is 1. The van der Waals surface area contributed by atoms with Crippen LogP contribution in [0, 0.1) is 5.92 Å². The summed E-state index contributed by atoms with van der Waals surface area (Å²) >= 11 is 1.57. The zero-order valence-corrected chi connectivity index (χ0v) is 20.3. The van der Waals surface area contributed by atoms with E-state index in [1.165, 1.54) is 25.9 Å². The Bertz CT molecular complexity index is 696. The Morgan fingerprint density at radius 3 is 2.03 bits per heavy atom. The predicted molar refractivity (Wildman–Crippen MR) is 125 cm³/mol. The monoisotopic (exact) mass is 440 g/mol. The minimum Gasteiger partial charge on any atom is -0.507 e. The Morgan fingerprint density at radius 1 is 1.10 bits per heavy atom. The Balaban J connectivity index is 0.00000300. The number of benzene rings is 1. The van der Waals surface area contributed by atoms with E-state index in [-0.39, 0.29) is 29.1 Å². The van der Waals surface area contributed by atoms with E-state index in [2.05, 4.69) is 63.9 Å². The summed E-state index contributed by atoms with van der Waals surface area (Å²) in [6.07, 6.45) is 2.42. The van der Waals surface area contributed by atoms with Crippen LogP contribution in [0.4, 0.5) is 0 Å². The Labute approximate surface area is 186 Å². The molecule has 4 nitrogen and oxygen atoms in total. The van der Waals surface area contributed by atoms with Crippen molar-refractivity contribution in [1.29, 1.82) is 0 Å². The van der Waals surface area contributed by atoms with Gasteiger partial charge in [-0.3, -0.25) is 4.79 Å². The SMILES string of the molecule is CC(C)(C)c1cc(SCC(=O)NC2CN3CCC2CC3)cc(C(C)(C)C)c1O.Cl. The van der Waals surface area contributed by atoms with Gasteiger partial charge in [0.05, 0.1) is 5.75 Å². The molecule has 0 spiro atoms. The Kier molecular flexibility index (Phi) is 7.62. The molecule has 1 aromatic carbocycles. The van der Waals surface area contributed by atoms with Crippen LogP contribution in [0.1, 0.15) is 65.5 Å². The number of hydrogen-bond donors (Lipinski definition) is 2. The minimum atomic E-state index is -0.154. The average molecular weight is 441 g/mol. The molecule has 4 rings (SSSR count). The van der Waals surface area contributed by atoms with Crippen LogP contribution in [0.15, 0.2) is 17.0 Å². The van der Waals surface area contributed by atoms with E-state index in [4.69, 9.17) is 0 Å². The normalized spacial score (nSPS) is 24.1. The first-order chi connectivity index (χ1) is 12.9. The Hall–Kier alpha value is -0.910. The lowest BCUT2D eigenvalue weighted by Gasteiger charge is -2.44. The minimum absolute atomic E-state index is 0. The maximum atomic E-state index is 12.6. The Morgan fingerprint density at radius 2 is 1.62 bits per heavy atom. The van der Waals surface area contributed by atoms with E-state index in [1.54, 1.807) is 11.8 Å². The average Bonchev–Trinajstić information content (AvgIpc) is 2.60. The van der Waals surface area contributed by atoms with E-state index in [1.807, 2.05) is 0 Å². The lowest BCUT2D eigenvalue weighted by atomic mass is 9.79. The van der Waals surface area contributed by atoms with Crippen molar-refractivity contribution in [2.75, 3.05) is 25.4 Å². The van der Waals surface area contributed by atoms with E-state index in [9.17, 15) is 9.90 Å². The lowest BCUT2D eigenvalue weighted by molar-refractivity contribution is -0.120. The van der Waals surface area contributed by atoms with Gasteiger partial charge in [-0.1, -0.05) is 41.5 Å². The van der Waals surface area contributed by atoms with Gasteiger partial charge in [0.1, 0.15) is 5.75 Å². The molecule has 0 radical (unpaired) electrons. The summed E-state index contributed by atoms with van der Waals surface area (Å²) in [5.41, 5.74) is 1.58. The number of hydrogen-bond acceptors (Lipinski definition) is 4. The van der Waals surface area contributed by atoms with Crippen LogP contribution in [0.2, 0.25) is 0 Å². The molecule has 3 heterocycles. The quantitative estimate of drug-likeness (QED) is 0.665. The number of halogens is 1. The first-order valence-electron chi connectivity index (χ1n) is 10.5. The topological polar surface area (TPSA) is 52.6 Å². The predicted octanol–water partition coefficient (Wildman–Crippen LogP) is 4.71. The zero-order chi connectivity index (χ0) is 20.7. The number of fused-ring (bicyclic) bond motifs is 3. The largest absolute Gasteiger partial charge is 0.507 e. The number of nitrogens with zero attached hydrogens (tertiary/aromatic N) is 1. The maximum absolute atomic E-state index is 12.6. The molecule has 6 heteroatoms. The second kappa shape index (κ2) is 9.07. The fourth-order valence-electron chi connectivity index (χ4n) is 4.36. The van der Waals surface area contributed by atoms with Crippen LogP contribution < -0.4 is 5.32 Å². The molecule has 164 valence electrons. The van der Waals surface area contributed by atoms with Crippen molar-refractivity contribution in [3.05, 3.63) is 23.3 Å². The molecular formula is C23H37ClN2O2S. The molecule has 0 saturated carbocycles. The van der Waals surface area contributed by atoms with Gasteiger partial charge in [0.15, 0.2) is 0 Å². The van der Waals surface area contributed by atoms with Crippen molar-refractivity contribution in [3.63, 3.8) is 0 Å². The molecule has 29 heavy (non-hydrogen) atoms. The second-order valence-electron chi connectivity index (χ2n) is 10.5. The lowest BCUT2D eigenvalue weighted by Crippen LogP contribution is -2.57. The smallest absolute Gasteiger partial charge is 0.230 e. The number of phenols is 1. The number of piperidine rings is 3. The van der Waals surface area contributed by atoms with Crippen LogP contribution in [-0.2, 0) is 15.6 Å². The van der Waals surface area contributed by atoms with Crippen LogP contribution in [0.3, 0.4) is 0 Å². The fraction of sp³-hybridized carbons (Fsp3) is 0.696. The summed E-state index contributed by atoms with van der Waals surface area (Å²) in [5.74, 6) is 1.57. The molecule has 0 aromatic heterocycles. The molecular weight excluding hydrogens is 404 g/mol. The van der Waals surface area contributed by atoms with Gasteiger partial charge in [-0.2, -0.15) is 0 Å². The molecule has 2 bridgehead atoms. The summed E-state index contributed by atoms with van der Waals surface area (Å²) in [4.78, 5) is 16.1. The van der Waals surface area contributed by atoms with E-state index < -0.39 is 0 Å². The summed E-state index contributed by atoms with van der Waals surface area (Å²) < 4.78 is 0. The molecule has 0 aliphatic carbocycles. The standard InChI is InChI=1S/C23H36N2O2S.ClH/c1-22(2,3)17-11-16(12-18(21(17)27)23(4,5)6)28-14-20(26)24-19-13-25-9-7-15(19)8-10-25;/h11-12,15,19,27H,7-10,13-14H2,1-6H3,(H,24,26);1H. The fourth-order valence-corrected chi connectivity index (χ4v) is 5.14. The number of rotatable bonds is 4. The molecule has 3 saturated heterocycles. The molecule has 1 aromatic rings. The summed E-state index contributed by atoms with van der Waals surface area (Å²) in [7, 11) is 0. The molecule has 3 fully saturated rings. The number of thioether (sulfide) groups is 1. The molecule has 3 aliphatic rings. The van der Waals surface area contributed by atoms with Gasteiger partial charge in [-0.15, -0.1) is 24.2 Å². The highest BCUT2D eigenvalue weighted by molar-refractivity contribution is 8.00. The molecule has 2 N–H and O–H groups in total. The zero-order valence-electron chi connectivity index (χ0n) is 18.7. The third-order valence-electron chi connectivity index (χ3n) is 6.07. The number of carbonyl (C=O) groups is 1. The van der Waals surface area contributed by atoms with Gasteiger partial charge in [0, 0.05) is 28.6 Å². The van der Waals surface area contributed by atoms with Gasteiger partial charge in [-0.25, -0.2) is 0 Å². The van der Waals surface area contributed by atoms with Crippen molar-refractivity contribution in [1.82, 2.24) is 10.2 Å². The van der Waals surface area contributed by atoms with Gasteiger partial charge < -0.3 is 15.3 Å². The number of aromatic hydroxyl groups is 1. The van der Waals surface area contributed by atoms with Crippen LogP contribution in [-0.4, -0.2) is 47.3 Å². The highest BCUT2D eigenvalue weighted by Crippen LogP contribution is 2.41. The van der Waals surface area contributed by atoms with Gasteiger partial charge in [-0.05, 0) is 54.8 Å². The van der Waals surface area contributed by atoms with E-state index in [0.717, 1.165) is 22.6 Å². The van der Waals surface area contributed by atoms with Crippen molar-refractivity contribution in [3.8, 4) is 5.75 Å². The van der Waals surface area contributed by atoms with Crippen molar-refractivity contribution >= 4 is 30.1 Å². The number of amides is 1.